The molecule has 0 radical (unpaired) electrons. The number of aryl methyl sites for hydroxylation is 1. The molecule has 2 heterocycles. The van der Waals surface area contributed by atoms with Gasteiger partial charge in [-0.25, -0.2) is 9.97 Å². The third-order valence-corrected chi connectivity index (χ3v) is 4.67. The highest BCUT2D eigenvalue weighted by Crippen LogP contribution is 2.37. The number of halogens is 3. The normalized spacial score (nSPS) is 15.7. The van der Waals surface area contributed by atoms with Gasteiger partial charge in [0.1, 0.15) is 5.52 Å². The molecule has 23 heavy (non-hydrogen) atoms. The molecule has 0 aliphatic heterocycles. The van der Waals surface area contributed by atoms with Gasteiger partial charge in [-0.3, -0.25) is 0 Å². The minimum atomic E-state index is -4.48. The highest BCUT2D eigenvalue weighted by molar-refractivity contribution is 8.03. The molecule has 0 bridgehead atoms. The van der Waals surface area contributed by atoms with Crippen LogP contribution in [0, 0.1) is 0 Å². The molecule has 2 aromatic heterocycles. The van der Waals surface area contributed by atoms with Gasteiger partial charge in [0.25, 0.3) is 0 Å². The lowest BCUT2D eigenvalue weighted by molar-refractivity contribution is -0.146. The van der Waals surface area contributed by atoms with Gasteiger partial charge < -0.3 is 4.57 Å². The van der Waals surface area contributed by atoms with Gasteiger partial charge in [0.2, 0.25) is 5.82 Å². The second kappa shape index (κ2) is 6.03. The topological polar surface area (TPSA) is 30.7 Å². The van der Waals surface area contributed by atoms with E-state index in [9.17, 15) is 13.2 Å². The third-order valence-electron chi connectivity index (χ3n) is 3.68. The van der Waals surface area contributed by atoms with Crippen molar-refractivity contribution in [3.05, 3.63) is 40.7 Å². The number of aromatic nitrogens is 3. The standard InChI is InChI=1S/C16H16F3N3S/c1-3-23-13-7-5-4-6-11(13)10-8-12-14(20-9-10)22(2)15(21-12)16(17,18)19/h6-9H,3-5H2,1-2H3. The average molecular weight is 339 g/mol. The number of alkyl halides is 3. The van der Waals surface area contributed by atoms with E-state index in [-0.39, 0.29) is 11.2 Å². The van der Waals surface area contributed by atoms with E-state index in [4.69, 9.17) is 0 Å². The second-order valence-electron chi connectivity index (χ2n) is 5.26. The van der Waals surface area contributed by atoms with Crippen molar-refractivity contribution < 1.29 is 13.2 Å². The van der Waals surface area contributed by atoms with Crippen molar-refractivity contribution in [3.63, 3.8) is 0 Å². The molecule has 7 heteroatoms. The molecule has 0 atom stereocenters. The number of allylic oxidation sites excluding steroid dienone is 3. The van der Waals surface area contributed by atoms with Crippen LogP contribution in [0.5, 0.6) is 0 Å². The minimum absolute atomic E-state index is 0.242. The number of fused-ring (bicyclic) bond motifs is 1. The van der Waals surface area contributed by atoms with Crippen LogP contribution in [0.2, 0.25) is 0 Å². The molecular weight excluding hydrogens is 323 g/mol. The fourth-order valence-electron chi connectivity index (χ4n) is 2.68. The minimum Gasteiger partial charge on any atom is -0.308 e. The van der Waals surface area contributed by atoms with Crippen molar-refractivity contribution >= 4 is 28.5 Å². The summed E-state index contributed by atoms with van der Waals surface area (Å²) in [6, 6.07) is 1.69. The fraction of sp³-hybridized carbons (Fsp3) is 0.375. The molecule has 0 fully saturated rings. The summed E-state index contributed by atoms with van der Waals surface area (Å²) in [6.45, 7) is 2.08. The molecule has 0 saturated carbocycles. The second-order valence-corrected chi connectivity index (χ2v) is 6.56. The fourth-order valence-corrected chi connectivity index (χ4v) is 3.59. The Balaban J connectivity index is 2.07. The highest BCUT2D eigenvalue weighted by atomic mass is 32.2. The Labute approximate surface area is 136 Å². The van der Waals surface area contributed by atoms with Crippen molar-refractivity contribution in [3.8, 4) is 0 Å². The predicted molar refractivity (Wildman–Crippen MR) is 86.9 cm³/mol. The van der Waals surface area contributed by atoms with Gasteiger partial charge in [-0.15, -0.1) is 11.8 Å². The Hall–Kier alpha value is -1.76. The van der Waals surface area contributed by atoms with Crippen molar-refractivity contribution in [1.29, 1.82) is 0 Å². The summed E-state index contributed by atoms with van der Waals surface area (Å²) in [7, 11) is 1.34. The molecule has 2 aromatic rings. The number of rotatable bonds is 3. The first kappa shape index (κ1) is 16.1. The van der Waals surface area contributed by atoms with E-state index in [2.05, 4.69) is 29.0 Å². The van der Waals surface area contributed by atoms with Crippen LogP contribution in [0.25, 0.3) is 16.7 Å². The van der Waals surface area contributed by atoms with Crippen molar-refractivity contribution in [2.45, 2.75) is 25.9 Å². The molecule has 3 nitrogen and oxygen atoms in total. The molecule has 0 aromatic carbocycles. The largest absolute Gasteiger partial charge is 0.449 e. The summed E-state index contributed by atoms with van der Waals surface area (Å²) in [4.78, 5) is 9.10. The van der Waals surface area contributed by atoms with E-state index in [0.29, 0.717) is 0 Å². The van der Waals surface area contributed by atoms with Gasteiger partial charge >= 0.3 is 6.18 Å². The molecule has 0 unspecified atom stereocenters. The molecule has 0 amide bonds. The monoisotopic (exact) mass is 339 g/mol. The first-order chi connectivity index (χ1) is 10.9. The number of imidazole rings is 1. The van der Waals surface area contributed by atoms with Gasteiger partial charge in [0, 0.05) is 23.7 Å². The Morgan fingerprint density at radius 2 is 2.00 bits per heavy atom. The van der Waals surface area contributed by atoms with Crippen molar-refractivity contribution in [2.24, 2.45) is 7.05 Å². The van der Waals surface area contributed by atoms with Crippen LogP contribution in [-0.4, -0.2) is 20.3 Å². The number of pyridine rings is 1. The van der Waals surface area contributed by atoms with Crippen molar-refractivity contribution in [2.75, 3.05) is 5.75 Å². The first-order valence-corrected chi connectivity index (χ1v) is 8.34. The average Bonchev–Trinajstić information content (AvgIpc) is 2.85. The number of hydrogen-bond donors (Lipinski definition) is 0. The third kappa shape index (κ3) is 3.02. The van der Waals surface area contributed by atoms with Gasteiger partial charge in [-0.05, 0) is 30.2 Å². The van der Waals surface area contributed by atoms with Crippen LogP contribution in [0.3, 0.4) is 0 Å². The SMILES string of the molecule is CCSC1=CCCC=C1c1cnc2c(c1)nc(C(F)(F)F)n2C. The maximum Gasteiger partial charge on any atom is 0.449 e. The zero-order valence-electron chi connectivity index (χ0n) is 12.8. The van der Waals surface area contributed by atoms with E-state index in [0.717, 1.165) is 39.2 Å². The van der Waals surface area contributed by atoms with Crippen LogP contribution in [0.15, 0.2) is 29.3 Å². The lowest BCUT2D eigenvalue weighted by Crippen LogP contribution is -2.12. The quantitative estimate of drug-likeness (QED) is 0.805. The molecule has 1 aliphatic rings. The molecule has 122 valence electrons. The molecule has 0 N–H and O–H groups in total. The Morgan fingerprint density at radius 3 is 2.70 bits per heavy atom. The Bertz CT molecular complexity index is 803. The summed E-state index contributed by atoms with van der Waals surface area (Å²) in [5.41, 5.74) is 2.36. The summed E-state index contributed by atoms with van der Waals surface area (Å²) in [5, 5.41) is 0. The summed E-state index contributed by atoms with van der Waals surface area (Å²) in [5.74, 6) is 0.0224. The summed E-state index contributed by atoms with van der Waals surface area (Å²) >= 11 is 1.73. The van der Waals surface area contributed by atoms with Crippen LogP contribution >= 0.6 is 11.8 Å². The predicted octanol–water partition coefficient (Wildman–Crippen LogP) is 4.80. The van der Waals surface area contributed by atoms with E-state index in [1.165, 1.54) is 7.05 Å². The van der Waals surface area contributed by atoms with E-state index in [1.54, 1.807) is 24.0 Å². The van der Waals surface area contributed by atoms with Crippen LogP contribution in [-0.2, 0) is 13.2 Å². The summed E-state index contributed by atoms with van der Waals surface area (Å²) < 4.78 is 39.9. The lowest BCUT2D eigenvalue weighted by Gasteiger charge is -2.15. The first-order valence-electron chi connectivity index (χ1n) is 7.35. The van der Waals surface area contributed by atoms with Crippen LogP contribution in [0.1, 0.15) is 31.2 Å². The Morgan fingerprint density at radius 1 is 1.26 bits per heavy atom. The smallest absolute Gasteiger partial charge is 0.308 e. The maximum atomic E-state index is 13.0. The van der Waals surface area contributed by atoms with Crippen molar-refractivity contribution in [1.82, 2.24) is 14.5 Å². The van der Waals surface area contributed by atoms with E-state index < -0.39 is 12.0 Å². The van der Waals surface area contributed by atoms with E-state index >= 15 is 0 Å². The van der Waals surface area contributed by atoms with Crippen LogP contribution < -0.4 is 0 Å². The number of thioether (sulfide) groups is 1. The molecule has 1 aliphatic carbocycles. The Kier molecular flexibility index (Phi) is 4.23. The molecule has 0 saturated heterocycles. The summed E-state index contributed by atoms with van der Waals surface area (Å²) in [6.07, 6.45) is 3.36. The van der Waals surface area contributed by atoms with Gasteiger partial charge in [-0.1, -0.05) is 19.1 Å². The highest BCUT2D eigenvalue weighted by Gasteiger charge is 2.37. The van der Waals surface area contributed by atoms with E-state index in [1.807, 2.05) is 0 Å². The van der Waals surface area contributed by atoms with Gasteiger partial charge in [-0.2, -0.15) is 13.2 Å². The molecular formula is C16H16F3N3S. The number of hydrogen-bond acceptors (Lipinski definition) is 3. The zero-order valence-corrected chi connectivity index (χ0v) is 13.6. The van der Waals surface area contributed by atoms with Gasteiger partial charge in [0.05, 0.1) is 0 Å². The zero-order chi connectivity index (χ0) is 16.6. The maximum absolute atomic E-state index is 13.0. The van der Waals surface area contributed by atoms with Gasteiger partial charge in [0.15, 0.2) is 5.65 Å². The molecule has 0 spiro atoms. The number of nitrogens with zero attached hydrogens (tertiary/aromatic N) is 3. The molecule has 3 rings (SSSR count). The van der Waals surface area contributed by atoms with Crippen LogP contribution in [0.4, 0.5) is 13.2 Å². The lowest BCUT2D eigenvalue weighted by atomic mass is 10.0.